The van der Waals surface area contributed by atoms with E-state index in [0.717, 1.165) is 11.3 Å². The van der Waals surface area contributed by atoms with Crippen molar-refractivity contribution in [3.63, 3.8) is 0 Å². The number of ether oxygens (including phenoxy) is 1. The van der Waals surface area contributed by atoms with E-state index in [2.05, 4.69) is 55.8 Å². The van der Waals surface area contributed by atoms with E-state index in [1.165, 1.54) is 10.9 Å². The van der Waals surface area contributed by atoms with Crippen LogP contribution in [0, 0.1) is 11.8 Å². The van der Waals surface area contributed by atoms with Gasteiger partial charge in [0.15, 0.2) is 11.3 Å². The van der Waals surface area contributed by atoms with Gasteiger partial charge in [-0.3, -0.25) is 0 Å². The van der Waals surface area contributed by atoms with Crippen LogP contribution in [-0.2, 0) is 6.54 Å². The summed E-state index contributed by atoms with van der Waals surface area (Å²) < 4.78 is 8.27. The summed E-state index contributed by atoms with van der Waals surface area (Å²) in [5.74, 6) is 6.82. The first-order valence-corrected chi connectivity index (χ1v) is 10.8. The van der Waals surface area contributed by atoms with Gasteiger partial charge < -0.3 is 14.2 Å². The molecule has 0 aliphatic heterocycles. The summed E-state index contributed by atoms with van der Waals surface area (Å²) in [4.78, 5) is 15.7. The molecule has 33 heavy (non-hydrogen) atoms. The number of hydrogen-bond acceptors (Lipinski definition) is 5. The Balaban J connectivity index is 1.45. The monoisotopic (exact) mass is 433 g/mol. The number of anilines is 1. The molecule has 0 bridgehead atoms. The highest BCUT2D eigenvalue weighted by Gasteiger charge is 2.10. The molecule has 6 nitrogen and oxygen atoms in total. The predicted molar refractivity (Wildman–Crippen MR) is 132 cm³/mol. The Labute approximate surface area is 192 Å². The molecule has 0 spiro atoms. The summed E-state index contributed by atoms with van der Waals surface area (Å²) in [6, 6.07) is 22.1. The fraction of sp³-hybridized carbons (Fsp3) is 0.148. The number of benzene rings is 2. The van der Waals surface area contributed by atoms with E-state index in [1.54, 1.807) is 6.20 Å². The van der Waals surface area contributed by atoms with Gasteiger partial charge in [0.05, 0.1) is 12.2 Å². The molecule has 3 heterocycles. The molecule has 0 radical (unpaired) electrons. The van der Waals surface area contributed by atoms with Crippen molar-refractivity contribution >= 4 is 27.8 Å². The minimum Gasteiger partial charge on any atom is -0.474 e. The van der Waals surface area contributed by atoms with Crippen LogP contribution in [0.15, 0.2) is 79.1 Å². The number of fused-ring (bicyclic) bond motifs is 2. The van der Waals surface area contributed by atoms with E-state index in [-0.39, 0.29) is 0 Å². The van der Waals surface area contributed by atoms with Crippen LogP contribution in [0.25, 0.3) is 22.1 Å². The quantitative estimate of drug-likeness (QED) is 0.381. The third kappa shape index (κ3) is 4.35. The van der Waals surface area contributed by atoms with E-state index in [0.29, 0.717) is 35.9 Å². The van der Waals surface area contributed by atoms with Crippen molar-refractivity contribution in [1.82, 2.24) is 19.5 Å². The minimum absolute atomic E-state index is 0.418. The Kier molecular flexibility index (Phi) is 5.61. The molecule has 6 heteroatoms. The maximum absolute atomic E-state index is 6.10. The molecule has 2 aromatic carbocycles. The molecule has 0 aliphatic carbocycles. The van der Waals surface area contributed by atoms with E-state index in [4.69, 9.17) is 4.74 Å². The van der Waals surface area contributed by atoms with Gasteiger partial charge in [-0.05, 0) is 47.7 Å². The van der Waals surface area contributed by atoms with Crippen molar-refractivity contribution in [3.05, 3.63) is 90.4 Å². The molecule has 5 aromatic rings. The van der Waals surface area contributed by atoms with Crippen LogP contribution in [-0.4, -0.2) is 40.2 Å². The first-order valence-electron chi connectivity index (χ1n) is 10.8. The fourth-order valence-electron chi connectivity index (χ4n) is 3.73. The molecular formula is C27H23N5O. The van der Waals surface area contributed by atoms with Crippen molar-refractivity contribution in [2.24, 2.45) is 0 Å². The maximum atomic E-state index is 6.10. The Hall–Kier alpha value is -4.37. The second-order valence-corrected chi connectivity index (χ2v) is 7.80. The normalized spacial score (nSPS) is 10.7. The molecular weight excluding hydrogens is 410 g/mol. The SMILES string of the molecule is CN(C)c1ccccc1C#Cc1nc2ncccc2nc1OCCn1ccc2ccccc21. The lowest BCUT2D eigenvalue weighted by atomic mass is 10.1. The maximum Gasteiger partial charge on any atom is 0.249 e. The molecule has 3 aromatic heterocycles. The molecule has 0 fully saturated rings. The van der Waals surface area contributed by atoms with Gasteiger partial charge in [0.25, 0.3) is 0 Å². The number of para-hydroxylation sites is 2. The molecule has 0 unspecified atom stereocenters. The second-order valence-electron chi connectivity index (χ2n) is 7.80. The first-order chi connectivity index (χ1) is 16.2. The molecule has 5 rings (SSSR count). The average molecular weight is 434 g/mol. The van der Waals surface area contributed by atoms with E-state index < -0.39 is 0 Å². The Morgan fingerprint density at radius 3 is 2.67 bits per heavy atom. The molecule has 0 saturated carbocycles. The number of aromatic nitrogens is 4. The number of nitrogens with zero attached hydrogens (tertiary/aromatic N) is 5. The van der Waals surface area contributed by atoms with Gasteiger partial charge in [-0.1, -0.05) is 36.3 Å². The van der Waals surface area contributed by atoms with Crippen LogP contribution in [0.3, 0.4) is 0 Å². The van der Waals surface area contributed by atoms with Crippen molar-refractivity contribution in [3.8, 4) is 17.7 Å². The fourth-order valence-corrected chi connectivity index (χ4v) is 3.73. The number of rotatable bonds is 5. The van der Waals surface area contributed by atoms with Gasteiger partial charge in [-0.2, -0.15) is 0 Å². The summed E-state index contributed by atoms with van der Waals surface area (Å²) in [6.07, 6.45) is 3.77. The Morgan fingerprint density at radius 1 is 0.909 bits per heavy atom. The highest BCUT2D eigenvalue weighted by Crippen LogP contribution is 2.20. The smallest absolute Gasteiger partial charge is 0.249 e. The van der Waals surface area contributed by atoms with Crippen LogP contribution in [0.1, 0.15) is 11.3 Å². The first kappa shape index (κ1) is 20.5. The summed E-state index contributed by atoms with van der Waals surface area (Å²) in [7, 11) is 4.00. The van der Waals surface area contributed by atoms with Gasteiger partial charge in [-0.25, -0.2) is 15.0 Å². The van der Waals surface area contributed by atoms with Gasteiger partial charge in [0.1, 0.15) is 12.1 Å². The Bertz CT molecular complexity index is 1490. The van der Waals surface area contributed by atoms with E-state index in [9.17, 15) is 0 Å². The van der Waals surface area contributed by atoms with E-state index in [1.807, 2.05) is 67.5 Å². The molecule has 0 amide bonds. The van der Waals surface area contributed by atoms with Crippen LogP contribution in [0.4, 0.5) is 5.69 Å². The summed E-state index contributed by atoms with van der Waals surface area (Å²) in [5.41, 5.74) is 4.83. The topological polar surface area (TPSA) is 56.1 Å². The van der Waals surface area contributed by atoms with Gasteiger partial charge >= 0.3 is 0 Å². The molecule has 162 valence electrons. The van der Waals surface area contributed by atoms with E-state index >= 15 is 0 Å². The van der Waals surface area contributed by atoms with Crippen molar-refractivity contribution < 1.29 is 4.74 Å². The number of pyridine rings is 1. The van der Waals surface area contributed by atoms with Gasteiger partial charge in [0, 0.05) is 37.6 Å². The van der Waals surface area contributed by atoms with Crippen molar-refractivity contribution in [2.45, 2.75) is 6.54 Å². The van der Waals surface area contributed by atoms with Crippen molar-refractivity contribution in [2.75, 3.05) is 25.6 Å². The zero-order valence-electron chi connectivity index (χ0n) is 18.6. The molecule has 0 N–H and O–H groups in total. The molecule has 0 aliphatic rings. The number of hydrogen-bond donors (Lipinski definition) is 0. The van der Waals surface area contributed by atoms with Gasteiger partial charge in [-0.15, -0.1) is 0 Å². The summed E-state index contributed by atoms with van der Waals surface area (Å²) in [6.45, 7) is 1.14. The lowest BCUT2D eigenvalue weighted by Gasteiger charge is -2.14. The largest absolute Gasteiger partial charge is 0.474 e. The lowest BCUT2D eigenvalue weighted by molar-refractivity contribution is 0.288. The third-order valence-electron chi connectivity index (χ3n) is 5.36. The lowest BCUT2D eigenvalue weighted by Crippen LogP contribution is -2.10. The van der Waals surface area contributed by atoms with Crippen LogP contribution in [0.5, 0.6) is 5.88 Å². The highest BCUT2D eigenvalue weighted by molar-refractivity contribution is 5.79. The van der Waals surface area contributed by atoms with Crippen molar-refractivity contribution in [1.29, 1.82) is 0 Å². The second kappa shape index (κ2) is 9.01. The summed E-state index contributed by atoms with van der Waals surface area (Å²) in [5, 5.41) is 1.21. The molecule has 0 saturated heterocycles. The molecule has 0 atom stereocenters. The predicted octanol–water partition coefficient (Wildman–Crippen LogP) is 4.52. The van der Waals surface area contributed by atoms with Crippen LogP contribution < -0.4 is 9.64 Å². The van der Waals surface area contributed by atoms with Crippen LogP contribution >= 0.6 is 0 Å². The zero-order chi connectivity index (χ0) is 22.6. The minimum atomic E-state index is 0.418. The summed E-state index contributed by atoms with van der Waals surface area (Å²) >= 11 is 0. The Morgan fingerprint density at radius 2 is 1.76 bits per heavy atom. The standard InChI is InChI=1S/C27H23N5O/c1-31(2)24-11-5-3-8-20(24)13-14-23-27(30-22-10-7-16-28-26(22)29-23)33-19-18-32-17-15-21-9-4-6-12-25(21)32/h3-12,15-17H,18-19H2,1-2H3. The highest BCUT2D eigenvalue weighted by atomic mass is 16.5. The van der Waals surface area contributed by atoms with Crippen LogP contribution in [0.2, 0.25) is 0 Å². The third-order valence-corrected chi connectivity index (χ3v) is 5.36. The van der Waals surface area contributed by atoms with Gasteiger partial charge in [0.2, 0.25) is 5.88 Å². The average Bonchev–Trinajstić information content (AvgIpc) is 3.26. The zero-order valence-corrected chi connectivity index (χ0v) is 18.6.